The van der Waals surface area contributed by atoms with Crippen molar-refractivity contribution >= 4 is 46.1 Å². The fourth-order valence-corrected chi connectivity index (χ4v) is 3.68. The highest BCUT2D eigenvalue weighted by Crippen LogP contribution is 2.28. The summed E-state index contributed by atoms with van der Waals surface area (Å²) in [6.45, 7) is -0.228. The van der Waals surface area contributed by atoms with Crippen molar-refractivity contribution in [3.05, 3.63) is 58.4 Å². The van der Waals surface area contributed by atoms with Crippen LogP contribution in [0.4, 0.5) is 5.69 Å². The van der Waals surface area contributed by atoms with Crippen LogP contribution in [-0.4, -0.2) is 29.3 Å². The van der Waals surface area contributed by atoms with Gasteiger partial charge in [-0.3, -0.25) is 14.4 Å². The fourth-order valence-electron chi connectivity index (χ4n) is 2.06. The normalized spacial score (nSPS) is 10.3. The summed E-state index contributed by atoms with van der Waals surface area (Å²) in [4.78, 5) is 40.1. The minimum atomic E-state index is -0.618. The molecule has 132 valence electrons. The van der Waals surface area contributed by atoms with Crippen LogP contribution in [0.15, 0.2) is 47.2 Å². The molecule has 0 aliphatic heterocycles. The van der Waals surface area contributed by atoms with E-state index in [1.165, 1.54) is 11.3 Å². The zero-order valence-electron chi connectivity index (χ0n) is 13.4. The van der Waals surface area contributed by atoms with E-state index in [0.717, 1.165) is 9.88 Å². The van der Waals surface area contributed by atoms with Gasteiger partial charge in [0.2, 0.25) is 5.91 Å². The molecular weight excluding hydrogens is 372 g/mol. The van der Waals surface area contributed by atoms with Crippen LogP contribution in [0.3, 0.4) is 0 Å². The number of aromatic nitrogens is 1. The molecule has 0 aliphatic carbocycles. The lowest BCUT2D eigenvalue weighted by molar-refractivity contribution is -0.117. The van der Waals surface area contributed by atoms with Gasteiger partial charge in [0, 0.05) is 16.6 Å². The summed E-state index contributed by atoms with van der Waals surface area (Å²) in [5.41, 5.74) is 6.21. The quantitative estimate of drug-likeness (QED) is 0.603. The molecule has 3 amide bonds. The minimum absolute atomic E-state index is 0.228. The number of primary amides is 1. The highest BCUT2D eigenvalue weighted by molar-refractivity contribution is 7.20. The van der Waals surface area contributed by atoms with E-state index in [1.807, 2.05) is 17.5 Å². The molecule has 1 aromatic carbocycles. The maximum Gasteiger partial charge on any atom is 0.275 e. The summed E-state index contributed by atoms with van der Waals surface area (Å²) in [6, 6.07) is 10.2. The zero-order chi connectivity index (χ0) is 18.5. The lowest BCUT2D eigenvalue weighted by Crippen LogP contribution is -2.33. The Labute approximate surface area is 156 Å². The number of thiazole rings is 1. The van der Waals surface area contributed by atoms with Gasteiger partial charge in [0.15, 0.2) is 0 Å². The van der Waals surface area contributed by atoms with Crippen molar-refractivity contribution in [3.63, 3.8) is 0 Å². The van der Waals surface area contributed by atoms with Crippen LogP contribution in [0.5, 0.6) is 0 Å². The van der Waals surface area contributed by atoms with E-state index in [1.54, 1.807) is 41.0 Å². The van der Waals surface area contributed by atoms with Crippen molar-refractivity contribution in [1.29, 1.82) is 0 Å². The fraction of sp³-hybridized carbons (Fsp3) is 0.0588. The molecule has 0 unspecified atom stereocenters. The number of nitrogens with one attached hydrogen (secondary N) is 2. The van der Waals surface area contributed by atoms with Crippen LogP contribution < -0.4 is 16.4 Å². The third-order valence-corrected chi connectivity index (χ3v) is 5.18. The van der Waals surface area contributed by atoms with E-state index in [0.29, 0.717) is 16.9 Å². The maximum atomic E-state index is 12.3. The Morgan fingerprint density at radius 2 is 1.81 bits per heavy atom. The van der Waals surface area contributed by atoms with Gasteiger partial charge in [-0.25, -0.2) is 4.98 Å². The number of rotatable bonds is 6. The second kappa shape index (κ2) is 7.89. The number of hydrogen-bond donors (Lipinski definition) is 3. The molecule has 0 radical (unpaired) electrons. The smallest absolute Gasteiger partial charge is 0.275 e. The topological polar surface area (TPSA) is 114 Å². The zero-order valence-corrected chi connectivity index (χ0v) is 15.0. The molecule has 2 aromatic heterocycles. The number of nitrogens with zero attached hydrogens (tertiary/aromatic N) is 1. The van der Waals surface area contributed by atoms with E-state index < -0.39 is 11.8 Å². The Morgan fingerprint density at radius 3 is 2.46 bits per heavy atom. The Morgan fingerprint density at radius 1 is 1.04 bits per heavy atom. The van der Waals surface area contributed by atoms with Gasteiger partial charge >= 0.3 is 0 Å². The minimum Gasteiger partial charge on any atom is -0.368 e. The summed E-state index contributed by atoms with van der Waals surface area (Å²) in [5, 5.41) is 9.59. The van der Waals surface area contributed by atoms with Gasteiger partial charge in [-0.1, -0.05) is 6.07 Å². The number of benzene rings is 1. The predicted molar refractivity (Wildman–Crippen MR) is 101 cm³/mol. The molecule has 0 spiro atoms. The Bertz CT molecular complexity index is 933. The van der Waals surface area contributed by atoms with E-state index in [-0.39, 0.29) is 12.5 Å². The Kier molecular flexibility index (Phi) is 5.40. The van der Waals surface area contributed by atoms with Crippen LogP contribution >= 0.6 is 22.7 Å². The number of amides is 3. The summed E-state index contributed by atoms with van der Waals surface area (Å²) >= 11 is 2.97. The molecule has 0 bridgehead atoms. The number of carbonyl (C=O) groups excluding carboxylic acids is 3. The van der Waals surface area contributed by atoms with E-state index in [9.17, 15) is 14.4 Å². The third kappa shape index (κ3) is 4.32. The highest BCUT2D eigenvalue weighted by Gasteiger charge is 2.13. The van der Waals surface area contributed by atoms with Gasteiger partial charge in [-0.15, -0.1) is 22.7 Å². The average Bonchev–Trinajstić information content (AvgIpc) is 3.31. The van der Waals surface area contributed by atoms with Crippen molar-refractivity contribution in [2.24, 2.45) is 5.73 Å². The summed E-state index contributed by atoms with van der Waals surface area (Å²) in [6.07, 6.45) is 0. The number of carbonyl (C=O) groups is 3. The van der Waals surface area contributed by atoms with Gasteiger partial charge in [0.25, 0.3) is 11.8 Å². The van der Waals surface area contributed by atoms with Gasteiger partial charge < -0.3 is 16.4 Å². The van der Waals surface area contributed by atoms with Crippen molar-refractivity contribution in [3.8, 4) is 9.88 Å². The molecule has 0 fully saturated rings. The standard InChI is InChI=1S/C17H14N4O3S2/c18-14(22)8-19-15(23)10-3-5-11(6-4-10)20-16(24)12-9-26-17(21-12)13-2-1-7-25-13/h1-7,9H,8H2,(H2,18,22)(H,19,23)(H,20,24). The first kappa shape index (κ1) is 17.8. The molecule has 26 heavy (non-hydrogen) atoms. The summed E-state index contributed by atoms with van der Waals surface area (Å²) in [7, 11) is 0. The van der Waals surface area contributed by atoms with Gasteiger partial charge in [0.1, 0.15) is 10.7 Å². The summed E-state index contributed by atoms with van der Waals surface area (Å²) in [5.74, 6) is -1.36. The van der Waals surface area contributed by atoms with E-state index >= 15 is 0 Å². The lowest BCUT2D eigenvalue weighted by Gasteiger charge is -2.06. The third-order valence-electron chi connectivity index (χ3n) is 3.30. The van der Waals surface area contributed by atoms with Crippen LogP contribution in [-0.2, 0) is 4.79 Å². The molecule has 3 aromatic rings. The number of nitrogens with two attached hydrogens (primary N) is 1. The van der Waals surface area contributed by atoms with Crippen LogP contribution in [0.25, 0.3) is 9.88 Å². The van der Waals surface area contributed by atoms with Gasteiger partial charge in [-0.05, 0) is 35.7 Å². The molecular formula is C17H14N4O3S2. The second-order valence-corrected chi connectivity index (χ2v) is 7.00. The SMILES string of the molecule is NC(=O)CNC(=O)c1ccc(NC(=O)c2csc(-c3cccs3)n2)cc1. The molecule has 0 atom stereocenters. The van der Waals surface area contributed by atoms with Crippen molar-refractivity contribution in [2.45, 2.75) is 0 Å². The average molecular weight is 386 g/mol. The molecule has 3 rings (SSSR count). The first-order valence-corrected chi connectivity index (χ1v) is 9.26. The van der Waals surface area contributed by atoms with Crippen molar-refractivity contribution in [1.82, 2.24) is 10.3 Å². The molecule has 0 saturated carbocycles. The van der Waals surface area contributed by atoms with Crippen LogP contribution in [0, 0.1) is 0 Å². The van der Waals surface area contributed by atoms with E-state index in [2.05, 4.69) is 15.6 Å². The maximum absolute atomic E-state index is 12.3. The lowest BCUT2D eigenvalue weighted by atomic mass is 10.2. The largest absolute Gasteiger partial charge is 0.368 e. The predicted octanol–water partition coefficient (Wildman–Crippen LogP) is 2.34. The van der Waals surface area contributed by atoms with Gasteiger partial charge in [0.05, 0.1) is 11.4 Å². The Hall–Kier alpha value is -3.04. The van der Waals surface area contributed by atoms with Gasteiger partial charge in [-0.2, -0.15) is 0 Å². The van der Waals surface area contributed by atoms with Crippen molar-refractivity contribution < 1.29 is 14.4 Å². The van der Waals surface area contributed by atoms with Crippen LogP contribution in [0.2, 0.25) is 0 Å². The Balaban J connectivity index is 1.63. The van der Waals surface area contributed by atoms with Crippen LogP contribution in [0.1, 0.15) is 20.8 Å². The molecule has 0 saturated heterocycles. The number of thiophene rings is 1. The molecule has 7 nitrogen and oxygen atoms in total. The first-order valence-electron chi connectivity index (χ1n) is 7.50. The molecule has 0 aliphatic rings. The molecule has 9 heteroatoms. The molecule has 4 N–H and O–H groups in total. The van der Waals surface area contributed by atoms with E-state index in [4.69, 9.17) is 5.73 Å². The first-order chi connectivity index (χ1) is 12.5. The summed E-state index contributed by atoms with van der Waals surface area (Å²) < 4.78 is 0. The van der Waals surface area contributed by atoms with Crippen molar-refractivity contribution in [2.75, 3.05) is 11.9 Å². The molecule has 2 heterocycles. The second-order valence-electron chi connectivity index (χ2n) is 5.20. The monoisotopic (exact) mass is 386 g/mol. The highest BCUT2D eigenvalue weighted by atomic mass is 32.1. The number of anilines is 1. The number of hydrogen-bond acceptors (Lipinski definition) is 6.